The molecule has 0 unspecified atom stereocenters. The molecule has 2 rings (SSSR count). The van der Waals surface area contributed by atoms with E-state index in [2.05, 4.69) is 20.5 Å². The van der Waals surface area contributed by atoms with Crippen LogP contribution in [0.5, 0.6) is 0 Å². The Morgan fingerprint density at radius 2 is 2.15 bits per heavy atom. The van der Waals surface area contributed by atoms with E-state index in [0.29, 0.717) is 0 Å². The van der Waals surface area contributed by atoms with Gasteiger partial charge in [0.2, 0.25) is 0 Å². The van der Waals surface area contributed by atoms with Gasteiger partial charge >= 0.3 is 6.18 Å². The lowest BCUT2D eigenvalue weighted by Gasteiger charge is -2.27. The van der Waals surface area contributed by atoms with Crippen molar-refractivity contribution < 1.29 is 22.4 Å². The van der Waals surface area contributed by atoms with Crippen LogP contribution in [-0.2, 0) is 11.2 Å². The van der Waals surface area contributed by atoms with Gasteiger partial charge in [0.05, 0.1) is 12.1 Å². The van der Waals surface area contributed by atoms with Crippen molar-refractivity contribution in [3.8, 4) is 6.07 Å². The summed E-state index contributed by atoms with van der Waals surface area (Å²) >= 11 is 0. The number of carbonyl (C=O) groups is 1. The predicted octanol–water partition coefficient (Wildman–Crippen LogP) is 2.62. The minimum absolute atomic E-state index is 0.121. The van der Waals surface area contributed by atoms with Gasteiger partial charge in [-0.1, -0.05) is 12.1 Å². The Morgan fingerprint density at radius 3 is 2.73 bits per heavy atom. The first kappa shape index (κ1) is 19.5. The number of rotatable bonds is 8. The minimum Gasteiger partial charge on any atom is -0.298 e. The van der Waals surface area contributed by atoms with Crippen LogP contribution in [0.4, 0.5) is 17.6 Å². The van der Waals surface area contributed by atoms with E-state index < -0.39 is 29.9 Å². The van der Waals surface area contributed by atoms with E-state index in [1.165, 1.54) is 6.33 Å². The molecule has 0 saturated carbocycles. The number of alkyl halides is 3. The van der Waals surface area contributed by atoms with Gasteiger partial charge in [0.25, 0.3) is 0 Å². The number of hydrogen-bond donors (Lipinski definition) is 2. The Hall–Kier alpha value is -2.80. The van der Waals surface area contributed by atoms with Gasteiger partial charge in [0.15, 0.2) is 5.78 Å². The molecule has 0 saturated heterocycles. The van der Waals surface area contributed by atoms with Gasteiger partial charge in [-0.25, -0.2) is 9.37 Å². The first-order chi connectivity index (χ1) is 12.3. The van der Waals surface area contributed by atoms with E-state index in [1.807, 2.05) is 0 Å². The van der Waals surface area contributed by atoms with Gasteiger partial charge in [-0.15, -0.1) is 0 Å². The molecule has 0 aliphatic heterocycles. The lowest BCUT2D eigenvalue weighted by Crippen LogP contribution is -2.46. The molecule has 1 aromatic heterocycles. The number of halogens is 4. The standard InChI is InChI=1S/C16H15F4N5O/c17-11-4-1-3-10(7-11)15(16(18,19)20)24-12(13(26)5-2-6-21)8-14-22-9-23-25-14/h1,3-4,7,9,12,15,24H,2,5,8H2,(H,22,23,25)/t12-,15-/m0/s1. The number of aromatic nitrogens is 3. The number of benzene rings is 1. The molecule has 0 bridgehead atoms. The summed E-state index contributed by atoms with van der Waals surface area (Å²) in [4.78, 5) is 16.1. The molecular weight excluding hydrogens is 354 g/mol. The first-order valence-electron chi connectivity index (χ1n) is 7.63. The second-order valence-electron chi connectivity index (χ2n) is 5.51. The number of Topliss-reactive ketones (excluding diaryl/α,β-unsaturated/α-hetero) is 1. The number of nitriles is 1. The largest absolute Gasteiger partial charge is 0.407 e. The van der Waals surface area contributed by atoms with Crippen LogP contribution in [0.1, 0.15) is 30.3 Å². The summed E-state index contributed by atoms with van der Waals surface area (Å²) in [6.07, 6.45) is -4.10. The van der Waals surface area contributed by atoms with Crippen molar-refractivity contribution in [3.05, 3.63) is 47.8 Å². The topological polar surface area (TPSA) is 94.5 Å². The average Bonchev–Trinajstić information content (AvgIpc) is 3.08. The van der Waals surface area contributed by atoms with Gasteiger partial charge in [0.1, 0.15) is 24.0 Å². The van der Waals surface area contributed by atoms with Crippen LogP contribution in [0.3, 0.4) is 0 Å². The van der Waals surface area contributed by atoms with E-state index in [0.717, 1.165) is 24.3 Å². The van der Waals surface area contributed by atoms with Crippen molar-refractivity contribution in [2.75, 3.05) is 0 Å². The van der Waals surface area contributed by atoms with Crippen LogP contribution in [0.15, 0.2) is 30.6 Å². The number of aromatic amines is 1. The van der Waals surface area contributed by atoms with E-state index in [-0.39, 0.29) is 30.7 Å². The van der Waals surface area contributed by atoms with Gasteiger partial charge < -0.3 is 0 Å². The third kappa shape index (κ3) is 5.35. The molecule has 0 spiro atoms. The molecule has 138 valence electrons. The van der Waals surface area contributed by atoms with Crippen molar-refractivity contribution in [2.45, 2.75) is 37.5 Å². The highest BCUT2D eigenvalue weighted by molar-refractivity contribution is 5.84. The molecule has 0 amide bonds. The molecule has 0 aliphatic carbocycles. The molecule has 0 fully saturated rings. The molecule has 2 atom stereocenters. The Labute approximate surface area is 146 Å². The summed E-state index contributed by atoms with van der Waals surface area (Å²) in [5.74, 6) is -1.18. The zero-order chi connectivity index (χ0) is 19.2. The summed E-state index contributed by atoms with van der Waals surface area (Å²) < 4.78 is 53.9. The third-order valence-electron chi connectivity index (χ3n) is 3.61. The van der Waals surface area contributed by atoms with Crippen LogP contribution in [-0.4, -0.2) is 33.2 Å². The highest BCUT2D eigenvalue weighted by Gasteiger charge is 2.43. The van der Waals surface area contributed by atoms with Crippen molar-refractivity contribution >= 4 is 5.78 Å². The number of nitrogens with one attached hydrogen (secondary N) is 2. The van der Waals surface area contributed by atoms with E-state index in [1.54, 1.807) is 6.07 Å². The zero-order valence-corrected chi connectivity index (χ0v) is 13.4. The van der Waals surface area contributed by atoms with Crippen LogP contribution in [0, 0.1) is 17.1 Å². The predicted molar refractivity (Wildman–Crippen MR) is 82.1 cm³/mol. The molecular formula is C16H15F4N5O. The first-order valence-corrected chi connectivity index (χ1v) is 7.63. The monoisotopic (exact) mass is 369 g/mol. The van der Waals surface area contributed by atoms with Crippen LogP contribution in [0.25, 0.3) is 0 Å². The SMILES string of the molecule is N#CCCC(=O)[C@H](Cc1ncn[nH]1)N[C@@H](c1cccc(F)c1)C(F)(F)F. The number of carbonyl (C=O) groups excluding carboxylic acids is 1. The molecule has 2 N–H and O–H groups in total. The maximum Gasteiger partial charge on any atom is 0.407 e. The molecule has 10 heteroatoms. The lowest BCUT2D eigenvalue weighted by atomic mass is 10.00. The average molecular weight is 369 g/mol. The quantitative estimate of drug-likeness (QED) is 0.698. The fraction of sp³-hybridized carbons (Fsp3) is 0.375. The highest BCUT2D eigenvalue weighted by Crippen LogP contribution is 2.33. The Kier molecular flexibility index (Phi) is 6.41. The van der Waals surface area contributed by atoms with Crippen molar-refractivity contribution in [3.63, 3.8) is 0 Å². The smallest absolute Gasteiger partial charge is 0.298 e. The summed E-state index contributed by atoms with van der Waals surface area (Å²) in [5.41, 5.74) is -0.354. The fourth-order valence-corrected chi connectivity index (χ4v) is 2.41. The molecule has 1 heterocycles. The summed E-state index contributed by atoms with van der Waals surface area (Å²) in [6.45, 7) is 0. The molecule has 1 aromatic carbocycles. The second-order valence-corrected chi connectivity index (χ2v) is 5.51. The number of H-pyrrole nitrogens is 1. The molecule has 0 aliphatic rings. The van der Waals surface area contributed by atoms with Gasteiger partial charge in [-0.05, 0) is 17.7 Å². The Morgan fingerprint density at radius 1 is 1.38 bits per heavy atom. The number of hydrogen-bond acceptors (Lipinski definition) is 5. The summed E-state index contributed by atoms with van der Waals surface area (Å²) in [6, 6.07) is 2.33. The zero-order valence-electron chi connectivity index (χ0n) is 13.4. The van der Waals surface area contributed by atoms with Crippen molar-refractivity contribution in [1.82, 2.24) is 20.5 Å². The summed E-state index contributed by atoms with van der Waals surface area (Å²) in [7, 11) is 0. The number of nitrogens with zero attached hydrogens (tertiary/aromatic N) is 3. The normalized spacial score (nSPS) is 13.8. The van der Waals surface area contributed by atoms with Crippen LogP contribution in [0.2, 0.25) is 0 Å². The van der Waals surface area contributed by atoms with E-state index in [4.69, 9.17) is 5.26 Å². The van der Waals surface area contributed by atoms with E-state index >= 15 is 0 Å². The summed E-state index contributed by atoms with van der Waals surface area (Å²) in [5, 5.41) is 16.9. The second kappa shape index (κ2) is 8.53. The highest BCUT2D eigenvalue weighted by atomic mass is 19.4. The Bertz CT molecular complexity index is 770. The fourth-order valence-electron chi connectivity index (χ4n) is 2.41. The molecule has 2 aromatic rings. The third-order valence-corrected chi connectivity index (χ3v) is 3.61. The van der Waals surface area contributed by atoms with Crippen LogP contribution >= 0.6 is 0 Å². The van der Waals surface area contributed by atoms with Gasteiger partial charge in [0, 0.05) is 19.3 Å². The number of ketones is 1. The van der Waals surface area contributed by atoms with Gasteiger partial charge in [-0.2, -0.15) is 23.5 Å². The molecule has 0 radical (unpaired) electrons. The molecule has 6 nitrogen and oxygen atoms in total. The van der Waals surface area contributed by atoms with E-state index in [9.17, 15) is 22.4 Å². The lowest BCUT2D eigenvalue weighted by molar-refractivity contribution is -0.160. The van der Waals surface area contributed by atoms with Crippen molar-refractivity contribution in [1.29, 1.82) is 5.26 Å². The minimum atomic E-state index is -4.76. The van der Waals surface area contributed by atoms with Crippen molar-refractivity contribution in [2.24, 2.45) is 0 Å². The Balaban J connectivity index is 2.29. The maximum absolute atomic E-state index is 13.5. The van der Waals surface area contributed by atoms with Gasteiger partial charge in [-0.3, -0.25) is 15.2 Å². The van der Waals surface area contributed by atoms with Crippen LogP contribution < -0.4 is 5.32 Å². The molecule has 26 heavy (non-hydrogen) atoms. The maximum atomic E-state index is 13.5.